The summed E-state index contributed by atoms with van der Waals surface area (Å²) in [6.07, 6.45) is 17.5. The Morgan fingerprint density at radius 3 is 1.27 bits per heavy atom. The van der Waals surface area contributed by atoms with Crippen LogP contribution in [-0.2, 0) is 68.7 Å². The van der Waals surface area contributed by atoms with Gasteiger partial charge in [-0.05, 0) is 151 Å². The molecule has 1 rings (SSSR count). The molecule has 0 aliphatic carbocycles. The number of carbonyl (C=O) groups is 13. The largest absolute Gasteiger partial charge is 0.508 e. The van der Waals surface area contributed by atoms with Crippen LogP contribution in [-0.4, -0.2) is 221 Å². The van der Waals surface area contributed by atoms with E-state index in [9.17, 15) is 77.6 Å². The topological polar surface area (TPSA) is 583 Å². The lowest BCUT2D eigenvalue weighted by molar-refractivity contribution is -0.136. The summed E-state index contributed by atoms with van der Waals surface area (Å²) in [5.41, 5.74) is 34.2. The molecule has 26 N–H and O–H groups in total. The van der Waals surface area contributed by atoms with Gasteiger partial charge >= 0.3 is 0 Å². The van der Waals surface area contributed by atoms with Crippen molar-refractivity contribution in [2.45, 2.75) is 274 Å². The lowest BCUT2D eigenvalue weighted by Crippen LogP contribution is -2.61. The van der Waals surface area contributed by atoms with Crippen LogP contribution in [0.3, 0.4) is 0 Å². The summed E-state index contributed by atoms with van der Waals surface area (Å²) in [6.45, 7) is 5.63. The average molecular weight is 1580 g/mol. The molecule has 0 saturated carbocycles. The molecule has 0 aromatic heterocycles. The van der Waals surface area contributed by atoms with E-state index in [-0.39, 0.29) is 114 Å². The van der Waals surface area contributed by atoms with Gasteiger partial charge in [-0.15, -0.1) is 0 Å². The number of aromatic hydroxyl groups is 1. The average Bonchev–Trinajstić information content (AvgIpc) is 0.862. The number of unbranched alkanes of at least 4 members (excludes halogenated alkanes) is 14. The number of amides is 13. The van der Waals surface area contributed by atoms with Crippen molar-refractivity contribution in [3.63, 3.8) is 0 Å². The summed E-state index contributed by atoms with van der Waals surface area (Å²) in [5.74, 6) is -11.0. The van der Waals surface area contributed by atoms with Crippen LogP contribution in [0.25, 0.3) is 0 Å². The molecule has 1 aromatic carbocycles. The second-order valence-corrected chi connectivity index (χ2v) is 29.7. The van der Waals surface area contributed by atoms with Crippen LogP contribution in [0.1, 0.15) is 207 Å². The van der Waals surface area contributed by atoms with Crippen LogP contribution >= 0.6 is 23.5 Å². The number of rotatable bonds is 63. The first-order valence-corrected chi connectivity index (χ1v) is 41.1. The Bertz CT molecular complexity index is 2950. The van der Waals surface area contributed by atoms with E-state index < -0.39 is 163 Å². The summed E-state index contributed by atoms with van der Waals surface area (Å²) in [6, 6.07) is -8.70. The second-order valence-electron chi connectivity index (χ2n) is 27.8. The molecule has 0 bridgehead atoms. The second kappa shape index (κ2) is 58.8. The van der Waals surface area contributed by atoms with E-state index in [1.807, 2.05) is 6.26 Å². The zero-order valence-electron chi connectivity index (χ0n) is 64.9. The van der Waals surface area contributed by atoms with Gasteiger partial charge in [0.2, 0.25) is 76.8 Å². The lowest BCUT2D eigenvalue weighted by atomic mass is 10.0. The van der Waals surface area contributed by atoms with Crippen molar-refractivity contribution >= 4 is 106 Å². The third-order valence-electron chi connectivity index (χ3n) is 17.8. The summed E-state index contributed by atoms with van der Waals surface area (Å²) in [7, 11) is 0. The monoisotopic (exact) mass is 1580 g/mol. The molecule has 0 unspecified atom stereocenters. The van der Waals surface area contributed by atoms with Crippen molar-refractivity contribution in [3.05, 3.63) is 29.8 Å². The van der Waals surface area contributed by atoms with Gasteiger partial charge in [-0.1, -0.05) is 110 Å². The van der Waals surface area contributed by atoms with Gasteiger partial charge in [0.25, 0.3) is 0 Å². The normalized spacial score (nSPS) is 14.2. The first-order chi connectivity index (χ1) is 51.9. The molecule has 0 spiro atoms. The van der Waals surface area contributed by atoms with E-state index in [0.717, 1.165) is 25.7 Å². The number of phenols is 1. The SMILES string of the molecule is CCCCCCCCCCCCCCCC(=O)N[C@H](CCSC)C(=O)NCC(=O)N[C@@H](Cc1ccc(O)cc1)C(=O)N[C@@H](CCC(N)=O)C(=O)N[C@@H](CCCCN)C(=O)N[C@@H](CCCCN)C(=O)N[C@@H](CC(C)C)C(=O)N[C@@H](CCCN=C(N)N)C(=O)N[C@@H](CO)C(=O)N[C@@H](CCSC)C(=O)N[C@H](C(N)=O)[C@@H](C)O. The third-order valence-corrected chi connectivity index (χ3v) is 19.0. The number of nitrogens with zero attached hydrogens (tertiary/aromatic N) is 1. The molecule has 11 atom stereocenters. The Morgan fingerprint density at radius 2 is 0.835 bits per heavy atom. The fourth-order valence-corrected chi connectivity index (χ4v) is 12.5. The van der Waals surface area contributed by atoms with Crippen LogP contribution in [0.4, 0.5) is 0 Å². The Labute approximate surface area is 651 Å². The molecule has 620 valence electrons. The number of hydrogen-bond acceptors (Lipinski definition) is 21. The van der Waals surface area contributed by atoms with Crippen LogP contribution in [0.15, 0.2) is 29.3 Å². The molecule has 1 aromatic rings. The molecule has 109 heavy (non-hydrogen) atoms. The van der Waals surface area contributed by atoms with Crippen LogP contribution in [0.5, 0.6) is 5.75 Å². The van der Waals surface area contributed by atoms with Gasteiger partial charge in [0, 0.05) is 25.8 Å². The van der Waals surface area contributed by atoms with Crippen molar-refractivity contribution < 1.29 is 77.6 Å². The summed E-state index contributed by atoms with van der Waals surface area (Å²) < 4.78 is 0. The highest BCUT2D eigenvalue weighted by Gasteiger charge is 2.37. The van der Waals surface area contributed by atoms with Gasteiger partial charge in [-0.3, -0.25) is 67.3 Å². The number of aliphatic hydroxyl groups is 2. The van der Waals surface area contributed by atoms with E-state index in [4.69, 9.17) is 34.4 Å². The number of primary amides is 2. The van der Waals surface area contributed by atoms with Crippen molar-refractivity contribution in [3.8, 4) is 5.75 Å². The van der Waals surface area contributed by atoms with Crippen molar-refractivity contribution in [2.24, 2.45) is 45.3 Å². The molecule has 13 amide bonds. The number of guanidine groups is 1. The summed E-state index contributed by atoms with van der Waals surface area (Å²) in [4.78, 5) is 183. The molecule has 0 radical (unpaired) electrons. The Morgan fingerprint density at radius 1 is 0.440 bits per heavy atom. The highest BCUT2D eigenvalue weighted by atomic mass is 32.2. The van der Waals surface area contributed by atoms with Gasteiger partial charge in [0.05, 0.1) is 19.3 Å². The van der Waals surface area contributed by atoms with Crippen LogP contribution in [0.2, 0.25) is 0 Å². The molecule has 0 heterocycles. The summed E-state index contributed by atoms with van der Waals surface area (Å²) >= 11 is 2.79. The predicted octanol–water partition coefficient (Wildman–Crippen LogP) is -0.632. The van der Waals surface area contributed by atoms with E-state index in [0.29, 0.717) is 36.3 Å². The Kier molecular flexibility index (Phi) is 53.4. The van der Waals surface area contributed by atoms with Gasteiger partial charge in [-0.2, -0.15) is 23.5 Å². The first-order valence-electron chi connectivity index (χ1n) is 38.3. The zero-order valence-corrected chi connectivity index (χ0v) is 66.5. The standard InChI is InChI=1S/C73H130N18O16S2/c1-7-8-9-10-11-12-13-14-15-16-17-18-19-28-60(96)82-54(35-40-108-5)64(99)81-44-61(97)83-57(43-48-29-31-49(94)32-30-48)71(106)87-53(33-34-59(76)95)68(103)85-50(25-20-22-37-74)65(100)84-51(26-21-23-38-75)66(101)89-56(42-46(2)3)70(105)86-52(27-24-39-80-73(78)79)67(102)90-58(45-92)72(107)88-55(36-41-109-6)69(104)91-62(47(4)93)63(77)98/h29-32,46-47,50-58,62,92-94H,7-28,33-45,74-75H2,1-6H3,(H2,76,95)(H2,77,98)(H,81,99)(H,82,96)(H,83,97)(H,84,100)(H,85,103)(H,86,105)(H,87,106)(H,88,107)(H,89,101)(H,90,102)(H,91,104)(H4,78,79,80)/t47-,50+,51+,52+,53+,54-,55+,56+,57+,58+,62+/m1/s1. The number of thioether (sulfide) groups is 2. The van der Waals surface area contributed by atoms with Gasteiger partial charge in [0.1, 0.15) is 66.2 Å². The number of hydrogen-bond donors (Lipinski definition) is 20. The third kappa shape index (κ3) is 45.0. The fourth-order valence-electron chi connectivity index (χ4n) is 11.5. The molecule has 34 nitrogen and oxygen atoms in total. The minimum Gasteiger partial charge on any atom is -0.508 e. The smallest absolute Gasteiger partial charge is 0.245 e. The molecule has 0 fully saturated rings. The maximum atomic E-state index is 14.7. The number of aliphatic imine (C=N–C) groups is 1. The molecule has 0 aliphatic heterocycles. The summed E-state index contributed by atoms with van der Waals surface area (Å²) in [5, 5.41) is 59.0. The molecule has 36 heteroatoms. The molecular formula is C73H130N18O16S2. The number of aliphatic hydroxyl groups excluding tert-OH is 2. The van der Waals surface area contributed by atoms with Crippen molar-refractivity contribution in [1.29, 1.82) is 0 Å². The zero-order chi connectivity index (χ0) is 81.6. The quantitative estimate of drug-likeness (QED) is 0.0219. The first kappa shape index (κ1) is 98.9. The fraction of sp³-hybridized carbons (Fsp3) is 0.726. The minimum absolute atomic E-state index is 0.000659. The Balaban J connectivity index is 3.55. The van der Waals surface area contributed by atoms with Gasteiger partial charge in [0.15, 0.2) is 5.96 Å². The number of carbonyl (C=O) groups excluding carboxylic acids is 13. The van der Waals surface area contributed by atoms with Crippen LogP contribution in [0, 0.1) is 5.92 Å². The van der Waals surface area contributed by atoms with Crippen molar-refractivity contribution in [2.75, 3.05) is 56.8 Å². The van der Waals surface area contributed by atoms with Gasteiger partial charge < -0.3 is 108 Å². The molecular weight excluding hydrogens is 1450 g/mol. The van der Waals surface area contributed by atoms with E-state index >= 15 is 0 Å². The van der Waals surface area contributed by atoms with E-state index in [1.54, 1.807) is 20.1 Å². The van der Waals surface area contributed by atoms with Crippen LogP contribution < -0.4 is 92.9 Å². The number of benzene rings is 1. The molecule has 0 saturated heterocycles. The number of nitrogens with one attached hydrogen (secondary N) is 11. The van der Waals surface area contributed by atoms with E-state index in [2.05, 4.69) is 70.4 Å². The highest BCUT2D eigenvalue weighted by Crippen LogP contribution is 2.17. The van der Waals surface area contributed by atoms with Crippen molar-refractivity contribution in [1.82, 2.24) is 58.5 Å². The Hall–Kier alpha value is -8.06. The number of phenolic OH excluding ortho intramolecular Hbond substituents is 1. The highest BCUT2D eigenvalue weighted by molar-refractivity contribution is 7.98. The van der Waals surface area contributed by atoms with Gasteiger partial charge in [-0.25, -0.2) is 0 Å². The molecule has 0 aliphatic rings. The number of nitrogens with two attached hydrogens (primary N) is 6. The van der Waals surface area contributed by atoms with E-state index in [1.165, 1.54) is 106 Å². The maximum absolute atomic E-state index is 14.7. The maximum Gasteiger partial charge on any atom is 0.245 e. The minimum atomic E-state index is -1.73. The lowest BCUT2D eigenvalue weighted by Gasteiger charge is -2.28. The predicted molar refractivity (Wildman–Crippen MR) is 422 cm³/mol.